The Labute approximate surface area is 72.5 Å². The van der Waals surface area contributed by atoms with Crippen LogP contribution in [0.5, 0.6) is 0 Å². The highest BCUT2D eigenvalue weighted by Crippen LogP contribution is 1.91. The van der Waals surface area contributed by atoms with Crippen LogP contribution in [0.4, 0.5) is 0 Å². The van der Waals surface area contributed by atoms with Gasteiger partial charge in [0.15, 0.2) is 0 Å². The number of hydrogen-bond donors (Lipinski definition) is 2. The van der Waals surface area contributed by atoms with Crippen molar-refractivity contribution in [3.63, 3.8) is 0 Å². The molecule has 0 fully saturated rings. The van der Waals surface area contributed by atoms with Crippen molar-refractivity contribution in [1.29, 1.82) is 0 Å². The smallest absolute Gasteiger partial charge is 0.102 e. The van der Waals surface area contributed by atoms with Crippen LogP contribution in [-0.2, 0) is 6.54 Å². The number of pyridine rings is 1. The zero-order chi connectivity index (χ0) is 8.81. The summed E-state index contributed by atoms with van der Waals surface area (Å²) < 4.78 is 0. The van der Waals surface area contributed by atoms with Gasteiger partial charge < -0.3 is 10.4 Å². The molecule has 3 heteroatoms. The first-order chi connectivity index (χ1) is 5.79. The Bertz CT molecular complexity index is 211. The Balaban J connectivity index is 2.25. The summed E-state index contributed by atoms with van der Waals surface area (Å²) in [6.45, 7) is 3.46. The van der Waals surface area contributed by atoms with Crippen molar-refractivity contribution in [2.24, 2.45) is 0 Å². The van der Waals surface area contributed by atoms with Gasteiger partial charge in [0.2, 0.25) is 0 Å². The second-order valence-corrected chi connectivity index (χ2v) is 2.93. The fraction of sp³-hybridized carbons (Fsp3) is 0.444. The van der Waals surface area contributed by atoms with E-state index in [4.69, 9.17) is 5.11 Å². The Morgan fingerprint density at radius 2 is 2.17 bits per heavy atom. The zero-order valence-electron chi connectivity index (χ0n) is 7.27. The van der Waals surface area contributed by atoms with Crippen LogP contribution in [0.1, 0.15) is 12.5 Å². The normalized spacial score (nSPS) is 12.8. The Kier molecular flexibility index (Phi) is 3.70. The molecule has 0 aromatic carbocycles. The summed E-state index contributed by atoms with van der Waals surface area (Å²) in [5.41, 5.74) is 1.24. The molecule has 66 valence electrons. The highest BCUT2D eigenvalue weighted by molar-refractivity contribution is 5.07. The van der Waals surface area contributed by atoms with Crippen molar-refractivity contribution >= 4 is 0 Å². The summed E-state index contributed by atoms with van der Waals surface area (Å²) in [5, 5.41) is 11.1. The van der Waals surface area contributed by atoms with Gasteiger partial charge in [0.1, 0.15) is 13.1 Å². The summed E-state index contributed by atoms with van der Waals surface area (Å²) in [7, 11) is 0. The van der Waals surface area contributed by atoms with Crippen LogP contribution < -0.4 is 5.32 Å². The van der Waals surface area contributed by atoms with Gasteiger partial charge in [-0.2, -0.15) is 0 Å². The van der Waals surface area contributed by atoms with Gasteiger partial charge in [0, 0.05) is 18.0 Å². The fourth-order valence-electron chi connectivity index (χ4n) is 1.01. The minimum Gasteiger partial charge on any atom is -0.388 e. The monoisotopic (exact) mass is 167 g/mol. The SMILES string of the molecule is C[C@H](O)C[NH2+]Cc1ccncc1. The van der Waals surface area contributed by atoms with Gasteiger partial charge in [0.05, 0.1) is 6.10 Å². The van der Waals surface area contributed by atoms with Gasteiger partial charge in [-0.3, -0.25) is 4.98 Å². The van der Waals surface area contributed by atoms with E-state index < -0.39 is 0 Å². The van der Waals surface area contributed by atoms with Crippen LogP contribution in [-0.4, -0.2) is 22.7 Å². The Hall–Kier alpha value is -0.930. The zero-order valence-corrected chi connectivity index (χ0v) is 7.27. The highest BCUT2D eigenvalue weighted by Gasteiger charge is 1.97. The Morgan fingerprint density at radius 3 is 2.75 bits per heavy atom. The standard InChI is InChI=1S/C9H14N2O/c1-8(12)6-11-7-9-2-4-10-5-3-9/h2-5,8,11-12H,6-7H2,1H3/p+1/t8-/m0/s1. The van der Waals surface area contributed by atoms with Gasteiger partial charge in [-0.1, -0.05) is 0 Å². The number of aliphatic hydroxyl groups excluding tert-OH is 1. The average Bonchev–Trinajstić information content (AvgIpc) is 2.05. The van der Waals surface area contributed by atoms with Crippen molar-refractivity contribution in [3.05, 3.63) is 30.1 Å². The highest BCUT2D eigenvalue weighted by atomic mass is 16.3. The number of nitrogens with two attached hydrogens (primary N) is 1. The number of aliphatic hydroxyl groups is 1. The maximum absolute atomic E-state index is 8.99. The fourth-order valence-corrected chi connectivity index (χ4v) is 1.01. The van der Waals surface area contributed by atoms with Crippen molar-refractivity contribution in [2.75, 3.05) is 6.54 Å². The summed E-state index contributed by atoms with van der Waals surface area (Å²) in [4.78, 5) is 3.93. The number of nitrogens with zero attached hydrogens (tertiary/aromatic N) is 1. The molecule has 0 bridgehead atoms. The minimum atomic E-state index is -0.230. The molecule has 0 saturated heterocycles. The predicted molar refractivity (Wildman–Crippen MR) is 46.4 cm³/mol. The third-order valence-electron chi connectivity index (χ3n) is 1.64. The average molecular weight is 167 g/mol. The lowest BCUT2D eigenvalue weighted by Gasteiger charge is -2.02. The first kappa shape index (κ1) is 9.16. The van der Waals surface area contributed by atoms with Crippen LogP contribution in [0.3, 0.4) is 0 Å². The third-order valence-corrected chi connectivity index (χ3v) is 1.64. The van der Waals surface area contributed by atoms with Crippen LogP contribution in [0.25, 0.3) is 0 Å². The van der Waals surface area contributed by atoms with E-state index in [0.717, 1.165) is 13.1 Å². The van der Waals surface area contributed by atoms with Crippen molar-refractivity contribution in [1.82, 2.24) is 4.98 Å². The molecule has 0 saturated carbocycles. The molecule has 1 aromatic rings. The van der Waals surface area contributed by atoms with Gasteiger partial charge >= 0.3 is 0 Å². The van der Waals surface area contributed by atoms with Gasteiger partial charge in [-0.25, -0.2) is 0 Å². The summed E-state index contributed by atoms with van der Waals surface area (Å²) in [5.74, 6) is 0. The molecule has 3 nitrogen and oxygen atoms in total. The summed E-state index contributed by atoms with van der Waals surface area (Å²) in [6.07, 6.45) is 3.34. The minimum absolute atomic E-state index is 0.230. The van der Waals surface area contributed by atoms with Crippen molar-refractivity contribution in [3.8, 4) is 0 Å². The van der Waals surface area contributed by atoms with E-state index in [0.29, 0.717) is 0 Å². The molecule has 0 aliphatic carbocycles. The van der Waals surface area contributed by atoms with Crippen LogP contribution in [0.15, 0.2) is 24.5 Å². The second kappa shape index (κ2) is 4.85. The summed E-state index contributed by atoms with van der Waals surface area (Å²) >= 11 is 0. The van der Waals surface area contributed by atoms with Crippen LogP contribution >= 0.6 is 0 Å². The molecular weight excluding hydrogens is 152 g/mol. The molecule has 0 unspecified atom stereocenters. The molecule has 0 aliphatic heterocycles. The Morgan fingerprint density at radius 1 is 1.50 bits per heavy atom. The summed E-state index contributed by atoms with van der Waals surface area (Å²) in [6, 6.07) is 3.97. The molecule has 1 aromatic heterocycles. The second-order valence-electron chi connectivity index (χ2n) is 2.93. The lowest BCUT2D eigenvalue weighted by molar-refractivity contribution is -0.676. The van der Waals surface area contributed by atoms with Crippen LogP contribution in [0, 0.1) is 0 Å². The number of hydrogen-bond acceptors (Lipinski definition) is 2. The molecule has 1 heterocycles. The molecule has 3 N–H and O–H groups in total. The molecule has 0 aliphatic rings. The molecule has 1 rings (SSSR count). The van der Waals surface area contributed by atoms with Gasteiger partial charge in [-0.05, 0) is 19.1 Å². The molecule has 0 spiro atoms. The van der Waals surface area contributed by atoms with Crippen molar-refractivity contribution < 1.29 is 10.4 Å². The van der Waals surface area contributed by atoms with E-state index in [1.54, 1.807) is 19.3 Å². The maximum Gasteiger partial charge on any atom is 0.102 e. The number of aromatic nitrogens is 1. The molecular formula is C9H15N2O+. The quantitative estimate of drug-likeness (QED) is 0.636. The molecule has 0 amide bonds. The number of quaternary nitrogens is 1. The topological polar surface area (TPSA) is 49.7 Å². The lowest BCUT2D eigenvalue weighted by Crippen LogP contribution is -2.84. The molecule has 0 radical (unpaired) electrons. The van der Waals surface area contributed by atoms with Gasteiger partial charge in [0.25, 0.3) is 0 Å². The first-order valence-corrected chi connectivity index (χ1v) is 4.17. The van der Waals surface area contributed by atoms with Gasteiger partial charge in [-0.15, -0.1) is 0 Å². The number of rotatable bonds is 4. The maximum atomic E-state index is 8.99. The van der Waals surface area contributed by atoms with Crippen LogP contribution in [0.2, 0.25) is 0 Å². The van der Waals surface area contributed by atoms with E-state index >= 15 is 0 Å². The van der Waals surface area contributed by atoms with Crippen molar-refractivity contribution in [2.45, 2.75) is 19.6 Å². The first-order valence-electron chi connectivity index (χ1n) is 4.17. The predicted octanol–water partition coefficient (Wildman–Crippen LogP) is -0.474. The largest absolute Gasteiger partial charge is 0.388 e. The van der Waals surface area contributed by atoms with E-state index in [-0.39, 0.29) is 6.10 Å². The molecule has 1 atom stereocenters. The van der Waals surface area contributed by atoms with E-state index in [1.165, 1.54) is 5.56 Å². The van der Waals surface area contributed by atoms with E-state index in [1.807, 2.05) is 12.1 Å². The molecule has 12 heavy (non-hydrogen) atoms. The van der Waals surface area contributed by atoms with E-state index in [9.17, 15) is 0 Å². The lowest BCUT2D eigenvalue weighted by atomic mass is 10.2. The third kappa shape index (κ3) is 3.46. The van der Waals surface area contributed by atoms with E-state index in [2.05, 4.69) is 10.3 Å².